The number of likely N-dealkylation sites (tertiary alicyclic amines) is 1. The van der Waals surface area contributed by atoms with Crippen molar-refractivity contribution in [1.29, 1.82) is 0 Å². The van der Waals surface area contributed by atoms with Crippen LogP contribution in [0.2, 0.25) is 0 Å². The molecule has 3 aromatic rings. The third-order valence-corrected chi connectivity index (χ3v) is 6.59. The van der Waals surface area contributed by atoms with Gasteiger partial charge in [0.15, 0.2) is 0 Å². The summed E-state index contributed by atoms with van der Waals surface area (Å²) < 4.78 is 6.83. The zero-order valence-corrected chi connectivity index (χ0v) is 18.4. The summed E-state index contributed by atoms with van der Waals surface area (Å²) in [5.74, 6) is 1.42. The minimum absolute atomic E-state index is 0.0931. The van der Waals surface area contributed by atoms with Crippen LogP contribution in [0.5, 0.6) is 0 Å². The summed E-state index contributed by atoms with van der Waals surface area (Å²) in [5.41, 5.74) is 0.907. The molecular formula is C21H23BrN4O2S. The maximum atomic E-state index is 12.4. The van der Waals surface area contributed by atoms with Gasteiger partial charge in [-0.3, -0.25) is 9.69 Å². The highest BCUT2D eigenvalue weighted by Gasteiger charge is 2.25. The van der Waals surface area contributed by atoms with Crippen molar-refractivity contribution in [2.24, 2.45) is 5.92 Å². The second-order valence-corrected chi connectivity index (χ2v) is 9.13. The molecule has 1 aliphatic heterocycles. The smallest absolute Gasteiger partial charge is 0.247 e. The van der Waals surface area contributed by atoms with Crippen molar-refractivity contribution >= 4 is 33.2 Å². The lowest BCUT2D eigenvalue weighted by Crippen LogP contribution is -2.40. The lowest BCUT2D eigenvalue weighted by molar-refractivity contribution is -0.126. The molecule has 152 valence electrons. The Morgan fingerprint density at radius 3 is 2.72 bits per heavy atom. The number of halogens is 1. The van der Waals surface area contributed by atoms with Gasteiger partial charge in [-0.1, -0.05) is 22.0 Å². The van der Waals surface area contributed by atoms with Crippen LogP contribution in [0.15, 0.2) is 50.7 Å². The van der Waals surface area contributed by atoms with Crippen LogP contribution in [0.25, 0.3) is 11.5 Å². The Morgan fingerprint density at radius 1 is 1.21 bits per heavy atom. The highest BCUT2D eigenvalue weighted by atomic mass is 79.9. The van der Waals surface area contributed by atoms with Gasteiger partial charge in [0.1, 0.15) is 0 Å². The van der Waals surface area contributed by atoms with Crippen LogP contribution in [-0.2, 0) is 17.8 Å². The number of hydrogen-bond donors (Lipinski definition) is 1. The number of nitrogens with zero attached hydrogens (tertiary/aromatic N) is 3. The number of thiophene rings is 1. The van der Waals surface area contributed by atoms with E-state index in [0.29, 0.717) is 24.9 Å². The Bertz CT molecular complexity index is 919. The lowest BCUT2D eigenvalue weighted by atomic mass is 9.96. The standard InChI is InChI=1S/C21H23BrN4O2S/c22-17-5-3-16(4-6-17)21-25-24-19(28-21)14-26-11-8-15(9-12-26)20(27)23-10-7-18-2-1-13-29-18/h1-6,13,15H,7-12,14H2,(H,23,27). The highest BCUT2D eigenvalue weighted by Crippen LogP contribution is 2.23. The number of rotatable bonds is 7. The molecule has 29 heavy (non-hydrogen) atoms. The van der Waals surface area contributed by atoms with E-state index in [1.54, 1.807) is 11.3 Å². The van der Waals surface area contributed by atoms with E-state index < -0.39 is 0 Å². The van der Waals surface area contributed by atoms with Crippen LogP contribution in [0.3, 0.4) is 0 Å². The first-order valence-electron chi connectivity index (χ1n) is 9.78. The van der Waals surface area contributed by atoms with Crippen LogP contribution in [0.4, 0.5) is 0 Å². The fraction of sp³-hybridized carbons (Fsp3) is 0.381. The third-order valence-electron chi connectivity index (χ3n) is 5.13. The number of benzene rings is 1. The molecule has 0 radical (unpaired) electrons. The van der Waals surface area contributed by atoms with E-state index in [4.69, 9.17) is 4.42 Å². The van der Waals surface area contributed by atoms with Gasteiger partial charge in [-0.05, 0) is 68.1 Å². The average Bonchev–Trinajstić information content (AvgIpc) is 3.41. The molecule has 1 aromatic carbocycles. The topological polar surface area (TPSA) is 71.3 Å². The number of carbonyl (C=O) groups is 1. The average molecular weight is 475 g/mol. The maximum Gasteiger partial charge on any atom is 0.247 e. The van der Waals surface area contributed by atoms with Gasteiger partial charge in [0.05, 0.1) is 6.54 Å². The number of piperidine rings is 1. The largest absolute Gasteiger partial charge is 0.419 e. The molecular weight excluding hydrogens is 452 g/mol. The van der Waals surface area contributed by atoms with Crippen molar-refractivity contribution in [2.45, 2.75) is 25.8 Å². The molecule has 8 heteroatoms. The van der Waals surface area contributed by atoms with E-state index >= 15 is 0 Å². The van der Waals surface area contributed by atoms with Gasteiger partial charge in [-0.15, -0.1) is 21.5 Å². The van der Waals surface area contributed by atoms with Crippen LogP contribution in [-0.4, -0.2) is 40.6 Å². The number of amides is 1. The fourth-order valence-corrected chi connectivity index (χ4v) is 4.45. The quantitative estimate of drug-likeness (QED) is 0.557. The maximum absolute atomic E-state index is 12.4. The van der Waals surface area contributed by atoms with E-state index in [9.17, 15) is 4.79 Å². The SMILES string of the molecule is O=C(NCCc1cccs1)C1CCN(Cc2nnc(-c3ccc(Br)cc3)o2)CC1. The first kappa shape index (κ1) is 20.3. The summed E-state index contributed by atoms with van der Waals surface area (Å²) in [5, 5.41) is 13.5. The van der Waals surface area contributed by atoms with Crippen molar-refractivity contribution in [3.63, 3.8) is 0 Å². The molecule has 0 saturated carbocycles. The summed E-state index contributed by atoms with van der Waals surface area (Å²) in [7, 11) is 0. The first-order valence-corrected chi connectivity index (χ1v) is 11.5. The second-order valence-electron chi connectivity index (χ2n) is 7.18. The predicted molar refractivity (Wildman–Crippen MR) is 116 cm³/mol. The molecule has 1 saturated heterocycles. The Labute approximate surface area is 182 Å². The Morgan fingerprint density at radius 2 is 2.00 bits per heavy atom. The molecule has 1 fully saturated rings. The van der Waals surface area contributed by atoms with Crippen molar-refractivity contribution in [2.75, 3.05) is 19.6 Å². The van der Waals surface area contributed by atoms with E-state index in [0.717, 1.165) is 42.4 Å². The normalized spacial score (nSPS) is 15.5. The van der Waals surface area contributed by atoms with E-state index in [-0.39, 0.29) is 11.8 Å². The van der Waals surface area contributed by atoms with Crippen LogP contribution in [0.1, 0.15) is 23.6 Å². The monoisotopic (exact) mass is 474 g/mol. The summed E-state index contributed by atoms with van der Waals surface area (Å²) in [6.07, 6.45) is 2.62. The molecule has 6 nitrogen and oxygen atoms in total. The molecule has 0 bridgehead atoms. The molecule has 1 amide bonds. The molecule has 1 aliphatic rings. The Balaban J connectivity index is 1.21. The first-order chi connectivity index (χ1) is 14.2. The second kappa shape index (κ2) is 9.65. The summed E-state index contributed by atoms with van der Waals surface area (Å²) in [6.45, 7) is 3.05. The zero-order chi connectivity index (χ0) is 20.1. The minimum Gasteiger partial charge on any atom is -0.419 e. The molecule has 1 N–H and O–H groups in total. The van der Waals surface area contributed by atoms with Gasteiger partial charge >= 0.3 is 0 Å². The number of hydrogen-bond acceptors (Lipinski definition) is 6. The summed E-state index contributed by atoms with van der Waals surface area (Å²) >= 11 is 5.16. The van der Waals surface area contributed by atoms with E-state index in [1.165, 1.54) is 4.88 Å². The lowest BCUT2D eigenvalue weighted by Gasteiger charge is -2.30. The van der Waals surface area contributed by atoms with Crippen molar-refractivity contribution < 1.29 is 9.21 Å². The van der Waals surface area contributed by atoms with Gasteiger partial charge in [0, 0.05) is 27.4 Å². The third kappa shape index (κ3) is 5.52. The Kier molecular flexibility index (Phi) is 6.74. The van der Waals surface area contributed by atoms with Crippen LogP contribution >= 0.6 is 27.3 Å². The van der Waals surface area contributed by atoms with Crippen molar-refractivity contribution in [1.82, 2.24) is 20.4 Å². The number of carbonyl (C=O) groups excluding carboxylic acids is 1. The zero-order valence-electron chi connectivity index (χ0n) is 16.0. The van der Waals surface area contributed by atoms with Gasteiger partial charge in [-0.25, -0.2) is 0 Å². The van der Waals surface area contributed by atoms with E-state index in [1.807, 2.05) is 30.3 Å². The molecule has 0 spiro atoms. The molecule has 2 aromatic heterocycles. The Hall–Kier alpha value is -2.03. The van der Waals surface area contributed by atoms with Crippen molar-refractivity contribution in [3.8, 4) is 11.5 Å². The van der Waals surface area contributed by atoms with Crippen LogP contribution < -0.4 is 5.32 Å². The predicted octanol–water partition coefficient (Wildman–Crippen LogP) is 4.13. The van der Waals surface area contributed by atoms with Gasteiger partial charge in [-0.2, -0.15) is 0 Å². The molecule has 0 unspecified atom stereocenters. The van der Waals surface area contributed by atoms with Gasteiger partial charge in [0.2, 0.25) is 17.7 Å². The minimum atomic E-state index is 0.0931. The molecule has 0 aliphatic carbocycles. The summed E-state index contributed by atoms with van der Waals surface area (Å²) in [6, 6.07) is 12.0. The van der Waals surface area contributed by atoms with E-state index in [2.05, 4.69) is 47.8 Å². The number of aromatic nitrogens is 2. The van der Waals surface area contributed by atoms with Crippen molar-refractivity contribution in [3.05, 3.63) is 57.0 Å². The summed E-state index contributed by atoms with van der Waals surface area (Å²) in [4.78, 5) is 16.0. The molecule has 4 rings (SSSR count). The molecule has 3 heterocycles. The van der Waals surface area contributed by atoms with Gasteiger partial charge in [0.25, 0.3) is 0 Å². The van der Waals surface area contributed by atoms with Gasteiger partial charge < -0.3 is 9.73 Å². The van der Waals surface area contributed by atoms with Crippen LogP contribution in [0, 0.1) is 5.92 Å². The molecule has 0 atom stereocenters. The number of nitrogens with one attached hydrogen (secondary N) is 1. The fourth-order valence-electron chi connectivity index (χ4n) is 3.48. The highest BCUT2D eigenvalue weighted by molar-refractivity contribution is 9.10.